The van der Waals surface area contributed by atoms with Gasteiger partial charge in [-0.2, -0.15) is 0 Å². The molecule has 0 aromatic carbocycles. The maximum Gasteiger partial charge on any atom is 0.150 e. The second kappa shape index (κ2) is 6.90. The minimum Gasteiger partial charge on any atom is -0.303 e. The Morgan fingerprint density at radius 3 is 2.22 bits per heavy atom. The molecule has 0 bridgehead atoms. The molecule has 1 aliphatic rings. The zero-order valence-electron chi connectivity index (χ0n) is 12.4. The zero-order valence-corrected chi connectivity index (χ0v) is 13.2. The first-order chi connectivity index (χ1) is 8.30. The van der Waals surface area contributed by atoms with E-state index in [1.165, 1.54) is 6.26 Å². The normalized spacial score (nSPS) is 28.7. The summed E-state index contributed by atoms with van der Waals surface area (Å²) in [6.45, 7) is 9.90. The zero-order chi connectivity index (χ0) is 13.8. The van der Waals surface area contributed by atoms with Gasteiger partial charge in [0.15, 0.2) is 9.84 Å². The molecule has 4 heteroatoms. The molecule has 1 heterocycles. The molecule has 1 fully saturated rings. The maximum atomic E-state index is 11.8. The molecule has 18 heavy (non-hydrogen) atoms. The lowest BCUT2D eigenvalue weighted by Gasteiger charge is -2.23. The molecule has 108 valence electrons. The van der Waals surface area contributed by atoms with Crippen LogP contribution in [0, 0.1) is 11.8 Å². The van der Waals surface area contributed by atoms with Crippen molar-refractivity contribution in [3.05, 3.63) is 0 Å². The lowest BCUT2D eigenvalue weighted by molar-refractivity contribution is 0.239. The highest BCUT2D eigenvalue weighted by Gasteiger charge is 2.27. The summed E-state index contributed by atoms with van der Waals surface area (Å²) >= 11 is 0. The van der Waals surface area contributed by atoms with Gasteiger partial charge in [-0.3, -0.25) is 0 Å². The Balaban J connectivity index is 2.63. The van der Waals surface area contributed by atoms with E-state index >= 15 is 0 Å². The minimum atomic E-state index is -2.89. The summed E-state index contributed by atoms with van der Waals surface area (Å²) in [5, 5.41) is -0.128. The monoisotopic (exact) mass is 275 g/mol. The molecule has 1 rings (SSSR count). The molecule has 1 aliphatic heterocycles. The Labute approximate surface area is 113 Å². The highest BCUT2D eigenvalue weighted by molar-refractivity contribution is 7.91. The van der Waals surface area contributed by atoms with Crippen LogP contribution in [0.1, 0.15) is 46.5 Å². The van der Waals surface area contributed by atoms with Crippen LogP contribution < -0.4 is 0 Å². The van der Waals surface area contributed by atoms with E-state index < -0.39 is 9.84 Å². The van der Waals surface area contributed by atoms with Crippen LogP contribution in [0.2, 0.25) is 0 Å². The van der Waals surface area contributed by atoms with Crippen LogP contribution in [0.5, 0.6) is 0 Å². The van der Waals surface area contributed by atoms with Crippen LogP contribution in [-0.2, 0) is 9.84 Å². The van der Waals surface area contributed by atoms with Gasteiger partial charge in [0.2, 0.25) is 0 Å². The number of nitrogens with zero attached hydrogens (tertiary/aromatic N) is 1. The van der Waals surface area contributed by atoms with Crippen molar-refractivity contribution in [2.75, 3.05) is 25.9 Å². The van der Waals surface area contributed by atoms with Crippen LogP contribution >= 0.6 is 0 Å². The Bertz CT molecular complexity index is 338. The van der Waals surface area contributed by atoms with Crippen molar-refractivity contribution in [3.63, 3.8) is 0 Å². The van der Waals surface area contributed by atoms with Crippen LogP contribution in [0.3, 0.4) is 0 Å². The SMILES string of the molecule is CC(C)CN1CCCC(C)C(S(C)(=O)=O)CCC1. The van der Waals surface area contributed by atoms with Crippen molar-refractivity contribution in [2.24, 2.45) is 11.8 Å². The van der Waals surface area contributed by atoms with Gasteiger partial charge in [-0.15, -0.1) is 0 Å². The van der Waals surface area contributed by atoms with Gasteiger partial charge >= 0.3 is 0 Å². The predicted octanol–water partition coefficient (Wildman–Crippen LogP) is 2.57. The molecule has 0 saturated carbocycles. The standard InChI is InChI=1S/C14H29NO2S/c1-12(2)11-15-9-5-7-13(3)14(8-6-10-15)18(4,16)17/h12-14H,5-11H2,1-4H3. The highest BCUT2D eigenvalue weighted by atomic mass is 32.2. The number of hydrogen-bond acceptors (Lipinski definition) is 3. The van der Waals surface area contributed by atoms with Gasteiger partial charge < -0.3 is 4.90 Å². The first-order valence-electron chi connectivity index (χ1n) is 7.22. The van der Waals surface area contributed by atoms with E-state index in [0.717, 1.165) is 45.3 Å². The molecule has 2 atom stereocenters. The second-order valence-electron chi connectivity index (χ2n) is 6.32. The van der Waals surface area contributed by atoms with Gasteiger partial charge in [-0.1, -0.05) is 20.8 Å². The lowest BCUT2D eigenvalue weighted by Crippen LogP contribution is -2.30. The van der Waals surface area contributed by atoms with Crippen molar-refractivity contribution < 1.29 is 8.42 Å². The molecule has 2 unspecified atom stereocenters. The maximum absolute atomic E-state index is 11.8. The van der Waals surface area contributed by atoms with E-state index in [2.05, 4.69) is 25.7 Å². The molecule has 0 aliphatic carbocycles. The number of hydrogen-bond donors (Lipinski definition) is 0. The molecular weight excluding hydrogens is 246 g/mol. The fourth-order valence-corrected chi connectivity index (χ4v) is 4.65. The summed E-state index contributed by atoms with van der Waals surface area (Å²) in [6.07, 6.45) is 5.40. The van der Waals surface area contributed by atoms with E-state index in [1.807, 2.05) is 0 Å². The first kappa shape index (κ1) is 16.0. The first-order valence-corrected chi connectivity index (χ1v) is 9.17. The summed E-state index contributed by atoms with van der Waals surface area (Å²) in [5.41, 5.74) is 0. The quantitative estimate of drug-likeness (QED) is 0.794. The topological polar surface area (TPSA) is 37.4 Å². The minimum absolute atomic E-state index is 0.128. The van der Waals surface area contributed by atoms with Crippen LogP contribution in [-0.4, -0.2) is 44.5 Å². The smallest absolute Gasteiger partial charge is 0.150 e. The Morgan fingerprint density at radius 1 is 1.17 bits per heavy atom. The Morgan fingerprint density at radius 2 is 1.72 bits per heavy atom. The van der Waals surface area contributed by atoms with Crippen LogP contribution in [0.15, 0.2) is 0 Å². The summed E-state index contributed by atoms with van der Waals surface area (Å²) in [5.74, 6) is 0.993. The third-order valence-corrected chi connectivity index (χ3v) is 5.70. The van der Waals surface area contributed by atoms with E-state index in [-0.39, 0.29) is 5.25 Å². The van der Waals surface area contributed by atoms with Crippen LogP contribution in [0.25, 0.3) is 0 Å². The highest BCUT2D eigenvalue weighted by Crippen LogP contribution is 2.24. The summed E-state index contributed by atoms with van der Waals surface area (Å²) in [7, 11) is -2.89. The summed E-state index contributed by atoms with van der Waals surface area (Å²) in [4.78, 5) is 2.50. The predicted molar refractivity (Wildman–Crippen MR) is 77.5 cm³/mol. The molecule has 0 radical (unpaired) electrons. The van der Waals surface area contributed by atoms with Gasteiger partial charge in [0, 0.05) is 12.8 Å². The van der Waals surface area contributed by atoms with Crippen LogP contribution in [0.4, 0.5) is 0 Å². The van der Waals surface area contributed by atoms with E-state index in [4.69, 9.17) is 0 Å². The molecule has 1 saturated heterocycles. The molecule has 0 N–H and O–H groups in total. The number of rotatable bonds is 3. The van der Waals surface area contributed by atoms with E-state index in [0.29, 0.717) is 11.8 Å². The molecule has 0 aromatic rings. The largest absolute Gasteiger partial charge is 0.303 e. The van der Waals surface area contributed by atoms with Gasteiger partial charge in [-0.25, -0.2) is 8.42 Å². The summed E-state index contributed by atoms with van der Waals surface area (Å²) in [6, 6.07) is 0. The van der Waals surface area contributed by atoms with Crippen molar-refractivity contribution in [3.8, 4) is 0 Å². The van der Waals surface area contributed by atoms with Gasteiger partial charge in [0.1, 0.15) is 0 Å². The average molecular weight is 275 g/mol. The molecule has 0 amide bonds. The van der Waals surface area contributed by atoms with E-state index in [9.17, 15) is 8.42 Å². The molecular formula is C14H29NO2S. The van der Waals surface area contributed by atoms with Crippen molar-refractivity contribution in [2.45, 2.75) is 51.7 Å². The van der Waals surface area contributed by atoms with Crippen molar-refractivity contribution in [1.29, 1.82) is 0 Å². The molecule has 3 nitrogen and oxygen atoms in total. The number of sulfone groups is 1. The third-order valence-electron chi connectivity index (χ3n) is 3.90. The molecule has 0 aromatic heterocycles. The average Bonchev–Trinajstić information content (AvgIpc) is 2.27. The van der Waals surface area contributed by atoms with Gasteiger partial charge in [0.25, 0.3) is 0 Å². The fraction of sp³-hybridized carbons (Fsp3) is 1.00. The Hall–Kier alpha value is -0.0900. The Kier molecular flexibility index (Phi) is 6.12. The van der Waals surface area contributed by atoms with Gasteiger partial charge in [0.05, 0.1) is 5.25 Å². The van der Waals surface area contributed by atoms with E-state index in [1.54, 1.807) is 0 Å². The summed E-state index contributed by atoms with van der Waals surface area (Å²) < 4.78 is 23.6. The fourth-order valence-electron chi connectivity index (χ4n) is 3.07. The third kappa shape index (κ3) is 5.27. The van der Waals surface area contributed by atoms with Crippen molar-refractivity contribution >= 4 is 9.84 Å². The second-order valence-corrected chi connectivity index (χ2v) is 8.59. The molecule has 0 spiro atoms. The van der Waals surface area contributed by atoms with Crippen molar-refractivity contribution in [1.82, 2.24) is 4.90 Å². The lowest BCUT2D eigenvalue weighted by atomic mass is 9.99. The van der Waals surface area contributed by atoms with Gasteiger partial charge in [-0.05, 0) is 50.6 Å².